The van der Waals surface area contributed by atoms with E-state index in [1.807, 2.05) is 0 Å². The van der Waals surface area contributed by atoms with Gasteiger partial charge in [-0.2, -0.15) is 18.1 Å². The Morgan fingerprint density at radius 1 is 1.39 bits per heavy atom. The van der Waals surface area contributed by atoms with E-state index in [-0.39, 0.29) is 17.7 Å². The van der Waals surface area contributed by atoms with E-state index in [0.717, 1.165) is 0 Å². The molecule has 0 fully saturated rings. The fraction of sp³-hybridized carbons (Fsp3) is 0.467. The number of fused-ring (bicyclic) bond motifs is 1. The maximum atomic E-state index is 12.2. The minimum Gasteiger partial charge on any atom is -0.452 e. The molecule has 28 heavy (non-hydrogen) atoms. The number of nitroso groups, excluding NO2 is 1. The molecule has 1 aromatic rings. The molecule has 0 saturated heterocycles. The zero-order chi connectivity index (χ0) is 21.1. The summed E-state index contributed by atoms with van der Waals surface area (Å²) >= 11 is -0.556. The van der Waals surface area contributed by atoms with Gasteiger partial charge in [-0.25, -0.2) is 4.79 Å². The van der Waals surface area contributed by atoms with Crippen LogP contribution in [0.1, 0.15) is 29.8 Å². The number of nitrogens with one attached hydrogen (secondary N) is 1. The number of amides is 1. The summed E-state index contributed by atoms with van der Waals surface area (Å²) in [4.78, 5) is 34.6. The molecular weight excluding hydrogens is 404 g/mol. The number of para-hydroxylation sites is 1. The first-order valence-electron chi connectivity index (χ1n) is 7.96. The van der Waals surface area contributed by atoms with Crippen LogP contribution in [0.15, 0.2) is 23.3 Å². The summed E-state index contributed by atoms with van der Waals surface area (Å²) in [6.45, 7) is 3.00. The number of ether oxygens (including phenoxy) is 2. The van der Waals surface area contributed by atoms with Crippen molar-refractivity contribution in [3.63, 3.8) is 0 Å². The quantitative estimate of drug-likeness (QED) is 0.394. The number of carbonyl (C=O) groups is 2. The molecule has 0 radical (unpaired) electrons. The van der Waals surface area contributed by atoms with E-state index in [1.165, 1.54) is 32.0 Å². The van der Waals surface area contributed by atoms with Gasteiger partial charge in [0.2, 0.25) is 11.7 Å². The van der Waals surface area contributed by atoms with Crippen LogP contribution < -0.4 is 10.1 Å². The highest BCUT2D eigenvalue weighted by Gasteiger charge is 2.37. The summed E-state index contributed by atoms with van der Waals surface area (Å²) in [6.07, 6.45) is -0.220. The lowest BCUT2D eigenvalue weighted by atomic mass is 9.71. The van der Waals surface area contributed by atoms with E-state index in [0.29, 0.717) is 5.56 Å². The summed E-state index contributed by atoms with van der Waals surface area (Å²) in [5.41, 5.74) is -4.17. The van der Waals surface area contributed by atoms with Crippen molar-refractivity contribution in [3.8, 4) is 5.75 Å². The van der Waals surface area contributed by atoms with Gasteiger partial charge < -0.3 is 19.8 Å². The maximum Gasteiger partial charge on any atom is 0.506 e. The molecule has 2 rings (SSSR count). The highest BCUT2D eigenvalue weighted by molar-refractivity contribution is 8.00. The second kappa shape index (κ2) is 8.39. The molecule has 0 bridgehead atoms. The first-order valence-corrected chi connectivity index (χ1v) is 8.95. The third-order valence-electron chi connectivity index (χ3n) is 3.62. The van der Waals surface area contributed by atoms with E-state index in [2.05, 4.69) is 10.4 Å². The van der Waals surface area contributed by atoms with E-state index >= 15 is 0 Å². The van der Waals surface area contributed by atoms with Crippen LogP contribution in [0.2, 0.25) is 0 Å². The van der Waals surface area contributed by atoms with Gasteiger partial charge in [0.15, 0.2) is 0 Å². The molecule has 1 heterocycles. The SMILES string of the molecule is CC1(C)OC(=O)c2cccc(CC(NC(=O)CSC(F)(F)F)B(O)N=O)c2O1. The minimum atomic E-state index is -4.60. The lowest BCUT2D eigenvalue weighted by Crippen LogP contribution is -2.48. The third-order valence-corrected chi connectivity index (χ3v) is 4.36. The Hall–Kier alpha value is -2.28. The highest BCUT2D eigenvalue weighted by Crippen LogP contribution is 2.35. The average molecular weight is 420 g/mol. The molecule has 0 spiro atoms. The summed E-state index contributed by atoms with van der Waals surface area (Å²) < 4.78 is 47.4. The predicted molar refractivity (Wildman–Crippen MR) is 94.5 cm³/mol. The molecule has 8 nitrogen and oxygen atoms in total. The number of benzene rings is 1. The van der Waals surface area contributed by atoms with Crippen LogP contribution in [-0.2, 0) is 16.0 Å². The lowest BCUT2D eigenvalue weighted by Gasteiger charge is -2.33. The monoisotopic (exact) mass is 420 g/mol. The van der Waals surface area contributed by atoms with Crippen LogP contribution in [0, 0.1) is 4.91 Å². The largest absolute Gasteiger partial charge is 0.506 e. The number of hydrogen-bond donors (Lipinski definition) is 2. The summed E-state index contributed by atoms with van der Waals surface area (Å²) in [7, 11) is -1.92. The summed E-state index contributed by atoms with van der Waals surface area (Å²) in [5.74, 6) is -5.11. The lowest BCUT2D eigenvalue weighted by molar-refractivity contribution is -0.128. The standard InChI is InChI=1S/C15H16BF3N2O6S/c1-14(2)26-12-8(4-3-5-9(12)13(23)27-14)6-10(16(24)21-25)20-11(22)7-28-15(17,18)19/h3-5,10,24H,6-7H2,1-2H3,(H,20,22). The fourth-order valence-electron chi connectivity index (χ4n) is 2.51. The number of cyclic esters (lactones) is 1. The number of esters is 1. The van der Waals surface area contributed by atoms with E-state index in [4.69, 9.17) is 9.47 Å². The molecule has 13 heteroatoms. The van der Waals surface area contributed by atoms with Gasteiger partial charge >= 0.3 is 18.5 Å². The number of thioether (sulfide) groups is 1. The van der Waals surface area contributed by atoms with E-state index in [1.54, 1.807) is 0 Å². The van der Waals surface area contributed by atoms with Crippen molar-refractivity contribution in [2.24, 2.45) is 5.09 Å². The van der Waals surface area contributed by atoms with E-state index < -0.39 is 53.7 Å². The average Bonchev–Trinajstić information content (AvgIpc) is 2.58. The van der Waals surface area contributed by atoms with Gasteiger partial charge in [0, 0.05) is 13.8 Å². The number of halogens is 3. The van der Waals surface area contributed by atoms with Gasteiger partial charge in [-0.15, -0.1) is 0 Å². The predicted octanol–water partition coefficient (Wildman–Crippen LogP) is 2.04. The number of nitrogens with zero attached hydrogens (tertiary/aromatic N) is 1. The van der Waals surface area contributed by atoms with Crippen molar-refractivity contribution in [1.82, 2.24) is 5.32 Å². The van der Waals surface area contributed by atoms with Gasteiger partial charge in [0.1, 0.15) is 11.3 Å². The van der Waals surface area contributed by atoms with Crippen LogP contribution >= 0.6 is 11.8 Å². The zero-order valence-electron chi connectivity index (χ0n) is 14.8. The van der Waals surface area contributed by atoms with Gasteiger partial charge in [-0.3, -0.25) is 4.79 Å². The maximum absolute atomic E-state index is 12.2. The molecular formula is C15H16BF3N2O6S. The second-order valence-corrected chi connectivity index (χ2v) is 7.36. The molecule has 1 unspecified atom stereocenters. The van der Waals surface area contributed by atoms with Gasteiger partial charge in [0.05, 0.1) is 11.7 Å². The Bertz CT molecular complexity index is 777. The molecule has 2 N–H and O–H groups in total. The van der Waals surface area contributed by atoms with Crippen LogP contribution in [-0.4, -0.2) is 46.9 Å². The Morgan fingerprint density at radius 3 is 2.68 bits per heavy atom. The number of hydrogen-bond acceptors (Lipinski definition) is 8. The Labute approximate surface area is 162 Å². The molecule has 0 saturated carbocycles. The third kappa shape index (κ3) is 5.86. The first kappa shape index (κ1) is 22.0. The van der Waals surface area contributed by atoms with Crippen molar-refractivity contribution in [3.05, 3.63) is 34.2 Å². The Kier molecular flexibility index (Phi) is 6.60. The molecule has 152 valence electrons. The van der Waals surface area contributed by atoms with E-state index in [9.17, 15) is 32.7 Å². The number of carbonyl (C=O) groups excluding carboxylic acids is 2. The van der Waals surface area contributed by atoms with Crippen molar-refractivity contribution >= 4 is 30.7 Å². The smallest absolute Gasteiger partial charge is 0.452 e. The molecule has 1 aliphatic heterocycles. The Morgan fingerprint density at radius 2 is 2.07 bits per heavy atom. The van der Waals surface area contributed by atoms with Crippen molar-refractivity contribution < 1.29 is 37.3 Å². The Balaban J connectivity index is 2.22. The normalized spacial score (nSPS) is 16.3. The highest BCUT2D eigenvalue weighted by atomic mass is 32.2. The molecule has 1 aromatic carbocycles. The zero-order valence-corrected chi connectivity index (χ0v) is 15.6. The molecule has 1 amide bonds. The first-order chi connectivity index (χ1) is 12.9. The molecule has 0 aliphatic carbocycles. The van der Waals surface area contributed by atoms with Crippen molar-refractivity contribution in [2.75, 3.05) is 5.75 Å². The van der Waals surface area contributed by atoms with Gasteiger partial charge in [-0.05, 0) is 29.8 Å². The summed E-state index contributed by atoms with van der Waals surface area (Å²) in [5, 5.41) is 14.3. The minimum absolute atomic E-state index is 0.100. The van der Waals surface area contributed by atoms with Gasteiger partial charge in [-0.1, -0.05) is 17.2 Å². The number of alkyl halides is 3. The second-order valence-electron chi connectivity index (χ2n) is 6.32. The van der Waals surface area contributed by atoms with Crippen molar-refractivity contribution in [1.29, 1.82) is 0 Å². The topological polar surface area (TPSA) is 114 Å². The van der Waals surface area contributed by atoms with Crippen LogP contribution in [0.3, 0.4) is 0 Å². The molecule has 1 aliphatic rings. The van der Waals surface area contributed by atoms with Gasteiger partial charge in [0.25, 0.3) is 0 Å². The van der Waals surface area contributed by atoms with Crippen LogP contribution in [0.4, 0.5) is 13.2 Å². The molecule has 0 aromatic heterocycles. The van der Waals surface area contributed by atoms with Crippen LogP contribution in [0.25, 0.3) is 0 Å². The molecule has 1 atom stereocenters. The number of rotatable bonds is 7. The summed E-state index contributed by atoms with van der Waals surface area (Å²) in [6, 6.07) is 4.46. The van der Waals surface area contributed by atoms with Crippen LogP contribution in [0.5, 0.6) is 5.75 Å². The fourth-order valence-corrected chi connectivity index (χ4v) is 2.89. The van der Waals surface area contributed by atoms with Crippen molar-refractivity contribution in [2.45, 2.75) is 37.5 Å².